The van der Waals surface area contributed by atoms with Crippen molar-refractivity contribution in [3.8, 4) is 11.3 Å². The molecule has 0 aliphatic carbocycles. The number of amides is 1. The van der Waals surface area contributed by atoms with E-state index in [4.69, 9.17) is 4.42 Å². The summed E-state index contributed by atoms with van der Waals surface area (Å²) in [5.74, 6) is -0.704. The number of carbonyl (C=O) groups excluding carboxylic acids is 1. The normalized spacial score (nSPS) is 17.1. The second kappa shape index (κ2) is 7.26. The zero-order chi connectivity index (χ0) is 18.8. The standard InChI is InChI=1S/C20H17F2N3O2/c21-16-5-3-13(4-6-16)17-12-27-19(24-17)15-2-1-9-25(11-15)20(26)14-7-8-23-18(22)10-14/h3-8,10,12,15H,1-2,9,11H2/t15-/m0/s1. The van der Waals surface area contributed by atoms with Gasteiger partial charge in [0, 0.05) is 36.5 Å². The van der Waals surface area contributed by atoms with E-state index < -0.39 is 5.95 Å². The van der Waals surface area contributed by atoms with Gasteiger partial charge in [-0.15, -0.1) is 0 Å². The highest BCUT2D eigenvalue weighted by atomic mass is 19.1. The maximum Gasteiger partial charge on any atom is 0.254 e. The Hall–Kier alpha value is -3.09. The maximum absolute atomic E-state index is 13.3. The van der Waals surface area contributed by atoms with E-state index in [1.165, 1.54) is 24.4 Å². The second-order valence-corrected chi connectivity index (χ2v) is 6.54. The second-order valence-electron chi connectivity index (χ2n) is 6.54. The van der Waals surface area contributed by atoms with E-state index >= 15 is 0 Å². The molecular formula is C20H17F2N3O2. The smallest absolute Gasteiger partial charge is 0.254 e. The van der Waals surface area contributed by atoms with Crippen molar-refractivity contribution < 1.29 is 18.0 Å². The van der Waals surface area contributed by atoms with Gasteiger partial charge in [-0.25, -0.2) is 14.4 Å². The molecular weight excluding hydrogens is 352 g/mol. The number of carbonyl (C=O) groups is 1. The van der Waals surface area contributed by atoms with E-state index in [9.17, 15) is 13.6 Å². The fourth-order valence-electron chi connectivity index (χ4n) is 3.31. The first kappa shape index (κ1) is 17.3. The van der Waals surface area contributed by atoms with Crippen molar-refractivity contribution in [1.82, 2.24) is 14.9 Å². The first-order valence-electron chi connectivity index (χ1n) is 8.72. The van der Waals surface area contributed by atoms with E-state index in [1.807, 2.05) is 0 Å². The van der Waals surface area contributed by atoms with E-state index in [-0.39, 0.29) is 23.2 Å². The molecule has 1 aliphatic heterocycles. The van der Waals surface area contributed by atoms with Gasteiger partial charge >= 0.3 is 0 Å². The maximum atomic E-state index is 13.3. The number of nitrogens with zero attached hydrogens (tertiary/aromatic N) is 3. The van der Waals surface area contributed by atoms with Crippen LogP contribution in [0.5, 0.6) is 0 Å². The van der Waals surface area contributed by atoms with Gasteiger partial charge in [0.05, 0.1) is 5.92 Å². The molecule has 0 radical (unpaired) electrons. The van der Waals surface area contributed by atoms with Gasteiger partial charge in [0.1, 0.15) is 17.8 Å². The number of pyridine rings is 1. The molecule has 0 saturated carbocycles. The van der Waals surface area contributed by atoms with Crippen molar-refractivity contribution in [1.29, 1.82) is 0 Å². The summed E-state index contributed by atoms with van der Waals surface area (Å²) in [5, 5.41) is 0. The quantitative estimate of drug-likeness (QED) is 0.654. The fraction of sp³-hybridized carbons (Fsp3) is 0.250. The Morgan fingerprint density at radius 3 is 2.78 bits per heavy atom. The molecule has 1 fully saturated rings. The van der Waals surface area contributed by atoms with Crippen LogP contribution in [-0.4, -0.2) is 33.9 Å². The number of halogens is 2. The number of hydrogen-bond acceptors (Lipinski definition) is 4. The third-order valence-electron chi connectivity index (χ3n) is 4.69. The van der Waals surface area contributed by atoms with Gasteiger partial charge < -0.3 is 9.32 Å². The van der Waals surface area contributed by atoms with E-state index in [0.717, 1.165) is 24.5 Å². The minimum Gasteiger partial charge on any atom is -0.448 e. The van der Waals surface area contributed by atoms with E-state index in [1.54, 1.807) is 23.3 Å². The minimum absolute atomic E-state index is 0.0383. The highest BCUT2D eigenvalue weighted by Gasteiger charge is 2.28. The van der Waals surface area contributed by atoms with Crippen LogP contribution in [0.1, 0.15) is 35.0 Å². The van der Waals surface area contributed by atoms with Crippen LogP contribution in [-0.2, 0) is 0 Å². The average molecular weight is 369 g/mol. The first-order valence-corrected chi connectivity index (χ1v) is 8.72. The molecule has 1 saturated heterocycles. The van der Waals surface area contributed by atoms with E-state index in [2.05, 4.69) is 9.97 Å². The summed E-state index contributed by atoms with van der Waals surface area (Å²) in [7, 11) is 0. The number of piperidine rings is 1. The lowest BCUT2D eigenvalue weighted by Gasteiger charge is -2.31. The van der Waals surface area contributed by atoms with Gasteiger partial charge in [-0.3, -0.25) is 4.79 Å². The zero-order valence-corrected chi connectivity index (χ0v) is 14.4. The van der Waals surface area contributed by atoms with Gasteiger partial charge in [-0.2, -0.15) is 4.39 Å². The molecule has 138 valence electrons. The van der Waals surface area contributed by atoms with Crippen LogP contribution in [0, 0.1) is 11.8 Å². The molecule has 3 aromatic rings. The van der Waals surface area contributed by atoms with Crippen molar-refractivity contribution in [2.24, 2.45) is 0 Å². The highest BCUT2D eigenvalue weighted by Crippen LogP contribution is 2.29. The summed E-state index contributed by atoms with van der Waals surface area (Å²) < 4.78 is 32.0. The van der Waals surface area contributed by atoms with Gasteiger partial charge in [-0.1, -0.05) is 0 Å². The predicted molar refractivity (Wildman–Crippen MR) is 94.0 cm³/mol. The Labute approximate surface area is 154 Å². The summed E-state index contributed by atoms with van der Waals surface area (Å²) in [6.45, 7) is 1.05. The van der Waals surface area contributed by atoms with Gasteiger partial charge in [0.15, 0.2) is 5.89 Å². The summed E-state index contributed by atoms with van der Waals surface area (Å²) in [5.41, 5.74) is 1.68. The van der Waals surface area contributed by atoms with Crippen LogP contribution in [0.15, 0.2) is 53.3 Å². The number of likely N-dealkylation sites (tertiary alicyclic amines) is 1. The summed E-state index contributed by atoms with van der Waals surface area (Å²) in [6, 6.07) is 8.69. The molecule has 0 bridgehead atoms. The average Bonchev–Trinajstić information content (AvgIpc) is 3.18. The molecule has 7 heteroatoms. The van der Waals surface area contributed by atoms with Crippen LogP contribution in [0.3, 0.4) is 0 Å². The van der Waals surface area contributed by atoms with Gasteiger partial charge in [-0.05, 0) is 43.2 Å². The summed E-state index contributed by atoms with van der Waals surface area (Å²) in [4.78, 5) is 22.3. The lowest BCUT2D eigenvalue weighted by atomic mass is 9.97. The number of hydrogen-bond donors (Lipinski definition) is 0. The van der Waals surface area contributed by atoms with Crippen molar-refractivity contribution in [2.45, 2.75) is 18.8 Å². The van der Waals surface area contributed by atoms with Crippen LogP contribution in [0.2, 0.25) is 0 Å². The van der Waals surface area contributed by atoms with Crippen molar-refractivity contribution in [3.05, 3.63) is 72.1 Å². The third-order valence-corrected chi connectivity index (χ3v) is 4.69. The molecule has 3 heterocycles. The molecule has 1 aliphatic rings. The van der Waals surface area contributed by atoms with Gasteiger partial charge in [0.2, 0.25) is 5.95 Å². The summed E-state index contributed by atoms with van der Waals surface area (Å²) >= 11 is 0. The minimum atomic E-state index is -0.675. The third kappa shape index (κ3) is 3.72. The van der Waals surface area contributed by atoms with Crippen LogP contribution < -0.4 is 0 Å². The lowest BCUT2D eigenvalue weighted by molar-refractivity contribution is 0.0697. The van der Waals surface area contributed by atoms with E-state index in [0.29, 0.717) is 24.7 Å². The lowest BCUT2D eigenvalue weighted by Crippen LogP contribution is -2.39. The number of oxazole rings is 1. The molecule has 5 nitrogen and oxygen atoms in total. The molecule has 0 spiro atoms. The first-order chi connectivity index (χ1) is 13.1. The number of aromatic nitrogens is 2. The zero-order valence-electron chi connectivity index (χ0n) is 14.4. The van der Waals surface area contributed by atoms with Crippen LogP contribution >= 0.6 is 0 Å². The van der Waals surface area contributed by atoms with Crippen molar-refractivity contribution in [3.63, 3.8) is 0 Å². The largest absolute Gasteiger partial charge is 0.448 e. The molecule has 2 aromatic heterocycles. The predicted octanol–water partition coefficient (Wildman–Crippen LogP) is 4.03. The van der Waals surface area contributed by atoms with Crippen LogP contribution in [0.4, 0.5) is 8.78 Å². The molecule has 0 N–H and O–H groups in total. The topological polar surface area (TPSA) is 59.2 Å². The molecule has 0 unspecified atom stereocenters. The number of rotatable bonds is 3. The van der Waals surface area contributed by atoms with Crippen molar-refractivity contribution in [2.75, 3.05) is 13.1 Å². The molecule has 1 atom stereocenters. The Morgan fingerprint density at radius 2 is 2.00 bits per heavy atom. The van der Waals surface area contributed by atoms with Crippen LogP contribution in [0.25, 0.3) is 11.3 Å². The molecule has 4 rings (SSSR count). The Kier molecular flexibility index (Phi) is 4.66. The monoisotopic (exact) mass is 369 g/mol. The summed E-state index contributed by atoms with van der Waals surface area (Å²) in [6.07, 6.45) is 4.48. The highest BCUT2D eigenvalue weighted by molar-refractivity contribution is 5.94. The SMILES string of the molecule is O=C(c1ccnc(F)c1)N1CCC[C@H](c2nc(-c3ccc(F)cc3)co2)C1. The van der Waals surface area contributed by atoms with Gasteiger partial charge in [0.25, 0.3) is 5.91 Å². The Morgan fingerprint density at radius 1 is 1.19 bits per heavy atom. The van der Waals surface area contributed by atoms with Crippen molar-refractivity contribution >= 4 is 5.91 Å². The Bertz CT molecular complexity index is 956. The fourth-order valence-corrected chi connectivity index (χ4v) is 3.31. The number of benzene rings is 1. The molecule has 1 aromatic carbocycles. The Balaban J connectivity index is 1.50. The molecule has 1 amide bonds. The molecule has 27 heavy (non-hydrogen) atoms.